The van der Waals surface area contributed by atoms with E-state index in [0.29, 0.717) is 17.3 Å². The van der Waals surface area contributed by atoms with Crippen molar-refractivity contribution in [3.8, 4) is 0 Å². The zero-order chi connectivity index (χ0) is 12.6. The molecule has 2 heterocycles. The number of ether oxygens (including phenoxy) is 1. The number of hydrogen-bond acceptors (Lipinski definition) is 4. The minimum Gasteiger partial charge on any atom is -0.373 e. The van der Waals surface area contributed by atoms with Crippen molar-refractivity contribution in [1.82, 2.24) is 4.31 Å². The van der Waals surface area contributed by atoms with Crippen molar-refractivity contribution < 1.29 is 13.2 Å². The fraction of sp³-hybridized carbons (Fsp3) is 0.636. The second-order valence-electron chi connectivity index (χ2n) is 4.44. The van der Waals surface area contributed by atoms with Gasteiger partial charge in [-0.1, -0.05) is 0 Å². The molecule has 0 aliphatic carbocycles. The first-order valence-corrected chi connectivity index (χ1v) is 7.87. The number of aryl methyl sites for hydroxylation is 1. The van der Waals surface area contributed by atoms with Gasteiger partial charge in [-0.2, -0.15) is 4.31 Å². The first kappa shape index (κ1) is 13.0. The predicted molar refractivity (Wildman–Crippen MR) is 67.8 cm³/mol. The molecule has 0 radical (unpaired) electrons. The largest absolute Gasteiger partial charge is 0.373 e. The summed E-state index contributed by atoms with van der Waals surface area (Å²) in [5.74, 6) is 0. The highest BCUT2D eigenvalue weighted by Gasteiger charge is 2.32. The predicted octanol–water partition coefficient (Wildman–Crippen LogP) is 1.85. The molecule has 4 nitrogen and oxygen atoms in total. The van der Waals surface area contributed by atoms with E-state index in [1.54, 1.807) is 6.07 Å². The van der Waals surface area contributed by atoms with E-state index < -0.39 is 10.0 Å². The minimum absolute atomic E-state index is 0.0467. The molecule has 0 saturated carbocycles. The molecule has 6 heteroatoms. The molecular formula is C11H17NO3S2. The third-order valence-electron chi connectivity index (χ3n) is 2.70. The van der Waals surface area contributed by atoms with E-state index in [9.17, 15) is 8.42 Å². The maximum Gasteiger partial charge on any atom is 0.252 e. The van der Waals surface area contributed by atoms with Crippen molar-refractivity contribution >= 4 is 21.4 Å². The monoisotopic (exact) mass is 275 g/mol. The molecule has 0 amide bonds. The molecule has 1 saturated heterocycles. The third kappa shape index (κ3) is 2.70. The molecule has 17 heavy (non-hydrogen) atoms. The Hall–Kier alpha value is -0.430. The lowest BCUT2D eigenvalue weighted by Crippen LogP contribution is -2.47. The van der Waals surface area contributed by atoms with Crippen LogP contribution in [0.1, 0.15) is 18.7 Å². The first-order valence-electron chi connectivity index (χ1n) is 5.61. The van der Waals surface area contributed by atoms with Gasteiger partial charge in [-0.25, -0.2) is 8.42 Å². The Kier molecular flexibility index (Phi) is 3.58. The zero-order valence-corrected chi connectivity index (χ0v) is 11.8. The lowest BCUT2D eigenvalue weighted by molar-refractivity contribution is -0.0440. The highest BCUT2D eigenvalue weighted by atomic mass is 32.2. The molecule has 1 fully saturated rings. The van der Waals surface area contributed by atoms with E-state index in [4.69, 9.17) is 4.74 Å². The highest BCUT2D eigenvalue weighted by Crippen LogP contribution is 2.26. The van der Waals surface area contributed by atoms with Crippen molar-refractivity contribution in [1.29, 1.82) is 0 Å². The molecule has 0 spiro atoms. The summed E-state index contributed by atoms with van der Waals surface area (Å²) >= 11 is 1.32. The lowest BCUT2D eigenvalue weighted by Gasteiger charge is -2.34. The van der Waals surface area contributed by atoms with Crippen molar-refractivity contribution in [3.63, 3.8) is 0 Å². The first-order chi connectivity index (χ1) is 7.89. The van der Waals surface area contributed by atoms with E-state index in [1.807, 2.05) is 26.8 Å². The van der Waals surface area contributed by atoms with Gasteiger partial charge in [0.2, 0.25) is 0 Å². The molecular weight excluding hydrogens is 258 g/mol. The van der Waals surface area contributed by atoms with Crippen LogP contribution < -0.4 is 0 Å². The number of hydrogen-bond donors (Lipinski definition) is 0. The number of nitrogens with zero attached hydrogens (tertiary/aromatic N) is 1. The summed E-state index contributed by atoms with van der Waals surface area (Å²) in [6.07, 6.45) is -0.0934. The fourth-order valence-corrected chi connectivity index (χ4v) is 5.03. The Morgan fingerprint density at radius 1 is 1.29 bits per heavy atom. The van der Waals surface area contributed by atoms with Gasteiger partial charge in [0.15, 0.2) is 0 Å². The summed E-state index contributed by atoms with van der Waals surface area (Å²) in [5, 5.41) is 0. The van der Waals surface area contributed by atoms with Crippen LogP contribution in [0.3, 0.4) is 0 Å². The molecule has 2 unspecified atom stereocenters. The maximum atomic E-state index is 12.4. The summed E-state index contributed by atoms with van der Waals surface area (Å²) in [6, 6.07) is 3.52. The van der Waals surface area contributed by atoms with Crippen molar-refractivity contribution in [2.24, 2.45) is 0 Å². The van der Waals surface area contributed by atoms with E-state index >= 15 is 0 Å². The maximum absolute atomic E-state index is 12.4. The normalized spacial score (nSPS) is 27.2. The molecule has 2 rings (SSSR count). The summed E-state index contributed by atoms with van der Waals surface area (Å²) in [5.41, 5.74) is 0. The van der Waals surface area contributed by atoms with Crippen molar-refractivity contribution in [3.05, 3.63) is 17.0 Å². The Morgan fingerprint density at radius 2 is 1.88 bits per heavy atom. The highest BCUT2D eigenvalue weighted by molar-refractivity contribution is 7.91. The van der Waals surface area contributed by atoms with Gasteiger partial charge in [0.1, 0.15) is 4.21 Å². The van der Waals surface area contributed by atoms with Gasteiger partial charge in [-0.15, -0.1) is 11.3 Å². The van der Waals surface area contributed by atoms with Gasteiger partial charge in [0.05, 0.1) is 12.2 Å². The standard InChI is InChI=1S/C11H17NO3S2/c1-8-6-12(7-9(2)15-8)17(13,14)11-5-4-10(3)16-11/h4-5,8-9H,6-7H2,1-3H3. The van der Waals surface area contributed by atoms with Gasteiger partial charge >= 0.3 is 0 Å². The number of rotatable bonds is 2. The molecule has 0 aromatic carbocycles. The van der Waals surface area contributed by atoms with Gasteiger partial charge < -0.3 is 4.74 Å². The topological polar surface area (TPSA) is 46.6 Å². The Morgan fingerprint density at radius 3 is 2.35 bits per heavy atom. The number of morpholine rings is 1. The Bertz CT molecular complexity index is 485. The second kappa shape index (κ2) is 4.68. The quantitative estimate of drug-likeness (QED) is 0.827. The van der Waals surface area contributed by atoms with Crippen molar-refractivity contribution in [2.45, 2.75) is 37.2 Å². The van der Waals surface area contributed by atoms with Crippen LogP contribution in [0.15, 0.2) is 16.3 Å². The van der Waals surface area contributed by atoms with Crippen LogP contribution in [-0.2, 0) is 14.8 Å². The SMILES string of the molecule is Cc1ccc(S(=O)(=O)N2CC(C)OC(C)C2)s1. The van der Waals surface area contributed by atoms with Crippen LogP contribution in [0, 0.1) is 6.92 Å². The Labute approximate surface area is 106 Å². The number of sulfonamides is 1. The van der Waals surface area contributed by atoms with Crippen LogP contribution >= 0.6 is 11.3 Å². The van der Waals surface area contributed by atoms with E-state index in [0.717, 1.165) is 4.88 Å². The van der Waals surface area contributed by atoms with Gasteiger partial charge in [-0.05, 0) is 32.9 Å². The number of thiophene rings is 1. The summed E-state index contributed by atoms with van der Waals surface area (Å²) in [6.45, 7) is 6.58. The van der Waals surface area contributed by atoms with E-state index in [2.05, 4.69) is 0 Å². The van der Waals surface area contributed by atoms with Crippen molar-refractivity contribution in [2.75, 3.05) is 13.1 Å². The Balaban J connectivity index is 2.26. The van der Waals surface area contributed by atoms with Crippen LogP contribution in [0.4, 0.5) is 0 Å². The molecule has 0 N–H and O–H groups in total. The fourth-order valence-electron chi connectivity index (χ4n) is 2.00. The van der Waals surface area contributed by atoms with E-state index in [-0.39, 0.29) is 12.2 Å². The third-order valence-corrected chi connectivity index (χ3v) is 6.00. The average Bonchev–Trinajstić information content (AvgIpc) is 2.64. The van der Waals surface area contributed by atoms with Gasteiger partial charge in [0, 0.05) is 18.0 Å². The van der Waals surface area contributed by atoms with Crippen LogP contribution in [-0.4, -0.2) is 38.0 Å². The molecule has 1 aliphatic rings. The van der Waals surface area contributed by atoms with Crippen LogP contribution in [0.5, 0.6) is 0 Å². The summed E-state index contributed by atoms with van der Waals surface area (Å²) in [7, 11) is -3.34. The molecule has 2 atom stereocenters. The molecule has 96 valence electrons. The zero-order valence-electron chi connectivity index (χ0n) is 10.2. The van der Waals surface area contributed by atoms with Crippen LogP contribution in [0.2, 0.25) is 0 Å². The minimum atomic E-state index is -3.34. The van der Waals surface area contributed by atoms with Gasteiger partial charge in [0.25, 0.3) is 10.0 Å². The molecule has 1 aromatic heterocycles. The summed E-state index contributed by atoms with van der Waals surface area (Å²) < 4.78 is 32.2. The van der Waals surface area contributed by atoms with E-state index in [1.165, 1.54) is 15.6 Å². The molecule has 1 aromatic rings. The lowest BCUT2D eigenvalue weighted by atomic mass is 10.3. The average molecular weight is 275 g/mol. The summed E-state index contributed by atoms with van der Waals surface area (Å²) in [4.78, 5) is 1.01. The molecule has 1 aliphatic heterocycles. The molecule has 0 bridgehead atoms. The van der Waals surface area contributed by atoms with Crippen LogP contribution in [0.25, 0.3) is 0 Å². The van der Waals surface area contributed by atoms with Gasteiger partial charge in [-0.3, -0.25) is 0 Å². The smallest absolute Gasteiger partial charge is 0.252 e. The second-order valence-corrected chi connectivity index (χ2v) is 7.90.